The average Bonchev–Trinajstić information content (AvgIpc) is 2.46. The van der Waals surface area contributed by atoms with E-state index in [0.717, 1.165) is 19.1 Å². The Morgan fingerprint density at radius 3 is 2.43 bits per heavy atom. The summed E-state index contributed by atoms with van der Waals surface area (Å²) in [5.41, 5.74) is 0.385. The minimum absolute atomic E-state index is 0.0766. The van der Waals surface area contributed by atoms with Crippen molar-refractivity contribution in [2.45, 2.75) is 63.7 Å². The zero-order valence-corrected chi connectivity index (χ0v) is 15.5. The lowest BCUT2D eigenvalue weighted by atomic mass is 9.94. The van der Waals surface area contributed by atoms with Crippen LogP contribution in [0.15, 0.2) is 11.6 Å². The lowest BCUT2D eigenvalue weighted by Gasteiger charge is -2.34. The van der Waals surface area contributed by atoms with Crippen molar-refractivity contribution in [2.75, 3.05) is 12.9 Å². The zero-order chi connectivity index (χ0) is 17.6. The van der Waals surface area contributed by atoms with Gasteiger partial charge in [0.15, 0.2) is 0 Å². The second-order valence-corrected chi connectivity index (χ2v) is 7.60. The fourth-order valence-electron chi connectivity index (χ4n) is 2.41. The van der Waals surface area contributed by atoms with Crippen molar-refractivity contribution >= 4 is 27.7 Å². The summed E-state index contributed by atoms with van der Waals surface area (Å²) in [4.78, 5) is 11.9. The molecule has 0 aromatic rings. The highest BCUT2D eigenvalue weighted by Crippen LogP contribution is 2.30. The Morgan fingerprint density at radius 2 is 1.96 bits per heavy atom. The molecule has 0 aromatic heterocycles. The number of rotatable bonds is 8. The maximum Gasteiger partial charge on any atom is 0.333 e. The number of hydrogen-bond donors (Lipinski definition) is 0. The smallest absolute Gasteiger partial charge is 0.333 e. The molecule has 0 N–H and O–H groups in total. The van der Waals surface area contributed by atoms with Gasteiger partial charge >= 0.3 is 5.97 Å². The fourth-order valence-corrected chi connectivity index (χ4v) is 3.47. The molecule has 0 spiro atoms. The van der Waals surface area contributed by atoms with Gasteiger partial charge in [-0.25, -0.2) is 4.79 Å². The number of ether oxygens (including phenoxy) is 2. The molecule has 0 saturated heterocycles. The van der Waals surface area contributed by atoms with Gasteiger partial charge in [-0.05, 0) is 32.3 Å². The van der Waals surface area contributed by atoms with E-state index in [2.05, 4.69) is 0 Å². The Kier molecular flexibility index (Phi) is 8.00. The lowest BCUT2D eigenvalue weighted by molar-refractivity contribution is -0.139. The molecular weight excluding hydrogens is 344 g/mol. The molecule has 1 aliphatic rings. The van der Waals surface area contributed by atoms with Gasteiger partial charge in [0.05, 0.1) is 24.3 Å². The van der Waals surface area contributed by atoms with E-state index in [-0.39, 0.29) is 19.1 Å². The van der Waals surface area contributed by atoms with Crippen LogP contribution in [0.2, 0.25) is 0 Å². The van der Waals surface area contributed by atoms with Crippen molar-refractivity contribution in [3.63, 3.8) is 0 Å². The van der Waals surface area contributed by atoms with Crippen LogP contribution in [0.4, 0.5) is 0 Å². The largest absolute Gasteiger partial charge is 0.463 e. The standard InChI is InChI=1S/C15H25ClO6S/c1-5-11(6-2)21-13-9-10(15(17)20-7-3)8-12(16)14(13)22-23(4,18)19/h9,11-14H,5-8H2,1-4H3/t12-,13-,14+/m1/s1. The summed E-state index contributed by atoms with van der Waals surface area (Å²) in [5.74, 6) is -0.464. The molecule has 23 heavy (non-hydrogen) atoms. The molecule has 0 fully saturated rings. The molecule has 0 heterocycles. The minimum Gasteiger partial charge on any atom is -0.463 e. The third-order valence-electron chi connectivity index (χ3n) is 3.54. The van der Waals surface area contributed by atoms with E-state index >= 15 is 0 Å². The molecule has 0 saturated carbocycles. The van der Waals surface area contributed by atoms with Crippen LogP contribution in [0.25, 0.3) is 0 Å². The molecule has 134 valence electrons. The first kappa shape index (κ1) is 20.4. The van der Waals surface area contributed by atoms with Crippen molar-refractivity contribution in [3.05, 3.63) is 11.6 Å². The van der Waals surface area contributed by atoms with Crippen LogP contribution in [0.5, 0.6) is 0 Å². The van der Waals surface area contributed by atoms with Crippen LogP contribution in [-0.2, 0) is 28.6 Å². The SMILES string of the molecule is CCOC(=O)C1=C[C@@H](OC(CC)CC)[C@@H](OS(C)(=O)=O)[C@H](Cl)C1. The molecule has 8 heteroatoms. The summed E-state index contributed by atoms with van der Waals surface area (Å²) in [6.07, 6.45) is 2.56. The summed E-state index contributed by atoms with van der Waals surface area (Å²) < 4.78 is 39.0. The second kappa shape index (κ2) is 9.01. The third kappa shape index (κ3) is 6.41. The molecule has 3 atom stereocenters. The Bertz CT molecular complexity index is 526. The second-order valence-electron chi connectivity index (χ2n) is 5.44. The third-order valence-corrected chi connectivity index (χ3v) is 4.52. The Hall–Kier alpha value is -0.630. The van der Waals surface area contributed by atoms with E-state index in [1.54, 1.807) is 13.0 Å². The first-order chi connectivity index (χ1) is 10.7. The topological polar surface area (TPSA) is 78.9 Å². The molecule has 0 unspecified atom stereocenters. The summed E-state index contributed by atoms with van der Waals surface area (Å²) in [5, 5.41) is -0.700. The molecule has 1 rings (SSSR count). The maximum absolute atomic E-state index is 11.9. The number of carbonyl (C=O) groups excluding carboxylic acids is 1. The monoisotopic (exact) mass is 368 g/mol. The van der Waals surface area contributed by atoms with Crippen molar-refractivity contribution in [1.82, 2.24) is 0 Å². The first-order valence-corrected chi connectivity index (χ1v) is 10.0. The number of alkyl halides is 1. The maximum atomic E-state index is 11.9. The summed E-state index contributed by atoms with van der Waals surface area (Å²) in [7, 11) is -3.70. The van der Waals surface area contributed by atoms with Gasteiger partial charge in [0.25, 0.3) is 10.1 Å². The van der Waals surface area contributed by atoms with Gasteiger partial charge in [-0.2, -0.15) is 8.42 Å². The van der Waals surface area contributed by atoms with Gasteiger partial charge in [-0.15, -0.1) is 11.6 Å². The van der Waals surface area contributed by atoms with Gasteiger partial charge in [0.1, 0.15) is 12.2 Å². The molecule has 0 aliphatic heterocycles. The summed E-state index contributed by atoms with van der Waals surface area (Å²) in [6, 6.07) is 0. The Morgan fingerprint density at radius 1 is 1.35 bits per heavy atom. The fraction of sp³-hybridized carbons (Fsp3) is 0.800. The highest BCUT2D eigenvalue weighted by atomic mass is 35.5. The first-order valence-electron chi connectivity index (χ1n) is 7.77. The summed E-state index contributed by atoms with van der Waals surface area (Å²) >= 11 is 6.27. The molecule has 0 bridgehead atoms. The predicted octanol–water partition coefficient (Wildman–Crippen LogP) is 2.41. The van der Waals surface area contributed by atoms with Crippen molar-refractivity contribution < 1.29 is 26.9 Å². The molecule has 0 amide bonds. The van der Waals surface area contributed by atoms with E-state index in [4.69, 9.17) is 25.3 Å². The Balaban J connectivity index is 3.07. The van der Waals surface area contributed by atoms with Crippen LogP contribution < -0.4 is 0 Å². The normalized spacial score (nSPS) is 25.3. The minimum atomic E-state index is -3.70. The molecule has 6 nitrogen and oxygen atoms in total. The van der Waals surface area contributed by atoms with Gasteiger partial charge in [-0.1, -0.05) is 13.8 Å². The molecular formula is C15H25ClO6S. The molecule has 0 aromatic carbocycles. The van der Waals surface area contributed by atoms with Crippen molar-refractivity contribution in [1.29, 1.82) is 0 Å². The molecule has 0 radical (unpaired) electrons. The lowest BCUT2D eigenvalue weighted by Crippen LogP contribution is -2.44. The van der Waals surface area contributed by atoms with Crippen LogP contribution in [-0.4, -0.2) is 50.9 Å². The van der Waals surface area contributed by atoms with Gasteiger partial charge < -0.3 is 9.47 Å². The number of carbonyl (C=O) groups is 1. The van der Waals surface area contributed by atoms with Gasteiger partial charge in [-0.3, -0.25) is 4.18 Å². The van der Waals surface area contributed by atoms with Crippen LogP contribution in [0.1, 0.15) is 40.0 Å². The average molecular weight is 369 g/mol. The van der Waals surface area contributed by atoms with Crippen molar-refractivity contribution in [3.8, 4) is 0 Å². The van der Waals surface area contributed by atoms with E-state index in [1.807, 2.05) is 13.8 Å². The Labute approximate surface area is 143 Å². The van der Waals surface area contributed by atoms with Crippen LogP contribution >= 0.6 is 11.6 Å². The number of halogens is 1. The number of esters is 1. The number of hydrogen-bond acceptors (Lipinski definition) is 6. The van der Waals surface area contributed by atoms with Gasteiger partial charge in [0.2, 0.25) is 0 Å². The van der Waals surface area contributed by atoms with E-state index in [0.29, 0.717) is 5.57 Å². The highest BCUT2D eigenvalue weighted by molar-refractivity contribution is 7.86. The van der Waals surface area contributed by atoms with E-state index in [1.165, 1.54) is 0 Å². The van der Waals surface area contributed by atoms with Crippen LogP contribution in [0, 0.1) is 0 Å². The van der Waals surface area contributed by atoms with Crippen LogP contribution in [0.3, 0.4) is 0 Å². The van der Waals surface area contributed by atoms with E-state index < -0.39 is 33.7 Å². The summed E-state index contributed by atoms with van der Waals surface area (Å²) in [6.45, 7) is 5.91. The van der Waals surface area contributed by atoms with Crippen molar-refractivity contribution in [2.24, 2.45) is 0 Å². The quantitative estimate of drug-likeness (QED) is 0.372. The molecule has 1 aliphatic carbocycles. The van der Waals surface area contributed by atoms with E-state index in [9.17, 15) is 13.2 Å². The van der Waals surface area contributed by atoms with Gasteiger partial charge in [0, 0.05) is 5.57 Å². The predicted molar refractivity (Wildman–Crippen MR) is 87.9 cm³/mol. The highest BCUT2D eigenvalue weighted by Gasteiger charge is 2.39. The zero-order valence-electron chi connectivity index (χ0n) is 14.0.